The Morgan fingerprint density at radius 2 is 1.58 bits per heavy atom. The zero-order chi connectivity index (χ0) is 19.7. The zero-order valence-electron chi connectivity index (χ0n) is 16.2. The third-order valence-electron chi connectivity index (χ3n) is 3.49. The van der Waals surface area contributed by atoms with E-state index in [1.807, 2.05) is 33.8 Å². The van der Waals surface area contributed by atoms with Gasteiger partial charge < -0.3 is 14.4 Å². The fraction of sp³-hybridized carbons (Fsp3) is 0.550. The molecular formula is C20H28N2O4. The number of nitriles is 1. The molecule has 1 atom stereocenters. The molecule has 142 valence electrons. The van der Waals surface area contributed by atoms with E-state index in [2.05, 4.69) is 0 Å². The standard InChI is InChI=1S/C20H28N2O4/c1-14(2)11-22(12-15(3)4)19(23)13-25-20(24)16(5)26-18-8-6-17(10-21)7-9-18/h6-9,14-16H,11-13H2,1-5H3/t16-/m0/s1. The Hall–Kier alpha value is -2.55. The maximum atomic E-state index is 12.3. The average Bonchev–Trinajstić information content (AvgIpc) is 2.58. The molecule has 0 unspecified atom stereocenters. The van der Waals surface area contributed by atoms with E-state index in [4.69, 9.17) is 14.7 Å². The largest absolute Gasteiger partial charge is 0.479 e. The number of hydrogen-bond donors (Lipinski definition) is 0. The summed E-state index contributed by atoms with van der Waals surface area (Å²) in [5.74, 6) is 0.336. The Balaban J connectivity index is 2.54. The molecular weight excluding hydrogens is 332 g/mol. The molecule has 0 aromatic heterocycles. The third-order valence-corrected chi connectivity index (χ3v) is 3.49. The third kappa shape index (κ3) is 7.56. The van der Waals surface area contributed by atoms with Crippen molar-refractivity contribution in [3.8, 4) is 11.8 Å². The van der Waals surface area contributed by atoms with Gasteiger partial charge in [0, 0.05) is 13.1 Å². The highest BCUT2D eigenvalue weighted by molar-refractivity contribution is 5.82. The van der Waals surface area contributed by atoms with E-state index in [1.54, 1.807) is 36.1 Å². The second-order valence-corrected chi connectivity index (χ2v) is 7.09. The molecule has 1 rings (SSSR count). The minimum absolute atomic E-state index is 0.202. The van der Waals surface area contributed by atoms with Gasteiger partial charge in [-0.25, -0.2) is 4.79 Å². The van der Waals surface area contributed by atoms with E-state index in [9.17, 15) is 9.59 Å². The maximum Gasteiger partial charge on any atom is 0.347 e. The van der Waals surface area contributed by atoms with Crippen molar-refractivity contribution in [1.29, 1.82) is 5.26 Å². The number of amides is 1. The summed E-state index contributed by atoms with van der Waals surface area (Å²) in [6.07, 6.45) is -0.848. The topological polar surface area (TPSA) is 79.6 Å². The first-order valence-corrected chi connectivity index (χ1v) is 8.84. The van der Waals surface area contributed by atoms with Crippen LogP contribution in [0.3, 0.4) is 0 Å². The van der Waals surface area contributed by atoms with Crippen LogP contribution in [0.25, 0.3) is 0 Å². The second kappa shape index (κ2) is 10.4. The molecule has 0 heterocycles. The Morgan fingerprint density at radius 3 is 2.04 bits per heavy atom. The van der Waals surface area contributed by atoms with Crippen LogP contribution in [0.1, 0.15) is 40.2 Å². The summed E-state index contributed by atoms with van der Waals surface area (Å²) in [4.78, 5) is 26.1. The number of ether oxygens (including phenoxy) is 2. The molecule has 0 fully saturated rings. The van der Waals surface area contributed by atoms with E-state index in [-0.39, 0.29) is 12.5 Å². The lowest BCUT2D eigenvalue weighted by Crippen LogP contribution is -2.40. The number of rotatable bonds is 9. The van der Waals surface area contributed by atoms with E-state index in [0.29, 0.717) is 36.2 Å². The van der Waals surface area contributed by atoms with Gasteiger partial charge in [-0.2, -0.15) is 5.26 Å². The number of carbonyl (C=O) groups is 2. The number of esters is 1. The molecule has 1 aromatic rings. The van der Waals surface area contributed by atoms with Crippen LogP contribution in [0.5, 0.6) is 5.75 Å². The van der Waals surface area contributed by atoms with Crippen molar-refractivity contribution in [1.82, 2.24) is 4.90 Å². The van der Waals surface area contributed by atoms with Crippen molar-refractivity contribution in [2.45, 2.75) is 40.7 Å². The molecule has 26 heavy (non-hydrogen) atoms. The van der Waals surface area contributed by atoms with Crippen molar-refractivity contribution in [3.05, 3.63) is 29.8 Å². The van der Waals surface area contributed by atoms with Crippen LogP contribution in [0.2, 0.25) is 0 Å². The number of benzene rings is 1. The van der Waals surface area contributed by atoms with Crippen LogP contribution >= 0.6 is 0 Å². The van der Waals surface area contributed by atoms with E-state index >= 15 is 0 Å². The molecule has 1 aromatic carbocycles. The van der Waals surface area contributed by atoms with Crippen LogP contribution in [-0.2, 0) is 14.3 Å². The van der Waals surface area contributed by atoms with Gasteiger partial charge in [0.2, 0.25) is 0 Å². The predicted octanol–water partition coefficient (Wildman–Crippen LogP) is 3.01. The highest BCUT2D eigenvalue weighted by Gasteiger charge is 2.21. The van der Waals surface area contributed by atoms with Gasteiger partial charge in [-0.05, 0) is 43.0 Å². The SMILES string of the molecule is CC(C)CN(CC(C)C)C(=O)COC(=O)[C@H](C)Oc1ccc(C#N)cc1. The molecule has 0 aliphatic carbocycles. The fourth-order valence-corrected chi connectivity index (χ4v) is 2.36. The molecule has 0 N–H and O–H groups in total. The van der Waals surface area contributed by atoms with E-state index in [0.717, 1.165) is 0 Å². The lowest BCUT2D eigenvalue weighted by molar-refractivity contribution is -0.157. The first kappa shape index (κ1) is 21.5. The highest BCUT2D eigenvalue weighted by atomic mass is 16.6. The van der Waals surface area contributed by atoms with Crippen molar-refractivity contribution in [2.75, 3.05) is 19.7 Å². The first-order chi connectivity index (χ1) is 12.2. The average molecular weight is 360 g/mol. The van der Waals surface area contributed by atoms with E-state index < -0.39 is 12.1 Å². The minimum atomic E-state index is -0.848. The van der Waals surface area contributed by atoms with Gasteiger partial charge in [-0.1, -0.05) is 27.7 Å². The highest BCUT2D eigenvalue weighted by Crippen LogP contribution is 2.14. The summed E-state index contributed by atoms with van der Waals surface area (Å²) in [5, 5.41) is 8.77. The van der Waals surface area contributed by atoms with Crippen molar-refractivity contribution >= 4 is 11.9 Å². The molecule has 0 aliphatic heterocycles. The molecule has 1 amide bonds. The van der Waals surface area contributed by atoms with Gasteiger partial charge in [-0.15, -0.1) is 0 Å². The molecule has 0 radical (unpaired) electrons. The number of hydrogen-bond acceptors (Lipinski definition) is 5. The Labute approximate surface area is 155 Å². The number of carbonyl (C=O) groups excluding carboxylic acids is 2. The number of nitrogens with zero attached hydrogens (tertiary/aromatic N) is 2. The summed E-state index contributed by atoms with van der Waals surface area (Å²) in [6.45, 7) is 10.7. The second-order valence-electron chi connectivity index (χ2n) is 7.09. The zero-order valence-corrected chi connectivity index (χ0v) is 16.2. The fourth-order valence-electron chi connectivity index (χ4n) is 2.36. The monoisotopic (exact) mass is 360 g/mol. The molecule has 0 spiro atoms. The summed E-state index contributed by atoms with van der Waals surface area (Å²) >= 11 is 0. The quantitative estimate of drug-likeness (QED) is 0.633. The lowest BCUT2D eigenvalue weighted by atomic mass is 10.1. The van der Waals surface area contributed by atoms with Gasteiger partial charge in [0.1, 0.15) is 5.75 Å². The van der Waals surface area contributed by atoms with E-state index in [1.165, 1.54) is 0 Å². The smallest absolute Gasteiger partial charge is 0.347 e. The molecule has 6 nitrogen and oxygen atoms in total. The molecule has 6 heteroatoms. The van der Waals surface area contributed by atoms with Crippen LogP contribution in [0.15, 0.2) is 24.3 Å². The van der Waals surface area contributed by atoms with Gasteiger partial charge in [0.15, 0.2) is 12.7 Å². The summed E-state index contributed by atoms with van der Waals surface area (Å²) in [6, 6.07) is 8.44. The Bertz CT molecular complexity index is 622. The first-order valence-electron chi connectivity index (χ1n) is 8.84. The van der Waals surface area contributed by atoms with Crippen molar-refractivity contribution in [2.24, 2.45) is 11.8 Å². The maximum absolute atomic E-state index is 12.3. The van der Waals surface area contributed by atoms with Gasteiger partial charge in [-0.3, -0.25) is 4.79 Å². The summed E-state index contributed by atoms with van der Waals surface area (Å²) < 4.78 is 10.6. The lowest BCUT2D eigenvalue weighted by Gasteiger charge is -2.26. The molecule has 0 bridgehead atoms. The Kier molecular flexibility index (Phi) is 8.63. The minimum Gasteiger partial charge on any atom is -0.479 e. The summed E-state index contributed by atoms with van der Waals surface area (Å²) in [5.41, 5.74) is 0.508. The normalized spacial score (nSPS) is 11.8. The van der Waals surface area contributed by atoms with Crippen molar-refractivity contribution in [3.63, 3.8) is 0 Å². The van der Waals surface area contributed by atoms with Gasteiger partial charge in [0.25, 0.3) is 5.91 Å². The van der Waals surface area contributed by atoms with Crippen LogP contribution in [0.4, 0.5) is 0 Å². The molecule has 0 saturated carbocycles. The van der Waals surface area contributed by atoms with Gasteiger partial charge in [0.05, 0.1) is 11.6 Å². The van der Waals surface area contributed by atoms with Crippen LogP contribution in [-0.4, -0.2) is 42.6 Å². The summed E-state index contributed by atoms with van der Waals surface area (Å²) in [7, 11) is 0. The van der Waals surface area contributed by atoms with Crippen molar-refractivity contribution < 1.29 is 19.1 Å². The van der Waals surface area contributed by atoms with Gasteiger partial charge >= 0.3 is 5.97 Å². The molecule has 0 saturated heterocycles. The Morgan fingerprint density at radius 1 is 1.04 bits per heavy atom. The molecule has 0 aliphatic rings. The van der Waals surface area contributed by atoms with Crippen LogP contribution < -0.4 is 4.74 Å². The van der Waals surface area contributed by atoms with Crippen LogP contribution in [0, 0.1) is 23.2 Å². The predicted molar refractivity (Wildman–Crippen MR) is 98.5 cm³/mol.